The molecule has 0 aromatic heterocycles. The first kappa shape index (κ1) is 7.98. The Labute approximate surface area is 54.6 Å². The fourth-order valence-corrected chi connectivity index (χ4v) is 0.453. The molecule has 0 amide bonds. The van der Waals surface area contributed by atoms with Crippen LogP contribution in [0.15, 0.2) is 0 Å². The van der Waals surface area contributed by atoms with Crippen LogP contribution in [0.2, 0.25) is 0 Å². The summed E-state index contributed by atoms with van der Waals surface area (Å²) < 4.78 is 4.66. The number of hydrogen-bond donors (Lipinski definition) is 1. The zero-order valence-electron chi connectivity index (χ0n) is 4.89. The van der Waals surface area contributed by atoms with Crippen LogP contribution in [0.3, 0.4) is 0 Å². The predicted octanol–water partition coefficient (Wildman–Crippen LogP) is 0.522. The van der Waals surface area contributed by atoms with E-state index >= 15 is 0 Å². The van der Waals surface area contributed by atoms with Crippen molar-refractivity contribution in [1.29, 1.82) is 0 Å². The van der Waals surface area contributed by atoms with Crippen LogP contribution in [0.4, 0.5) is 0 Å². The lowest BCUT2D eigenvalue weighted by Gasteiger charge is -1.92. The maximum atomic E-state index is 10.4. The smallest absolute Gasteiger partial charge is 0.144 e. The lowest BCUT2D eigenvalue weighted by Crippen LogP contribution is -2.02. The molecule has 0 atom stereocenters. The number of ether oxygens (including phenoxy) is 1. The topological polar surface area (TPSA) is 26.3 Å². The van der Waals surface area contributed by atoms with E-state index in [1.54, 1.807) is 7.11 Å². The Morgan fingerprint density at radius 3 is 2.75 bits per heavy atom. The molecule has 8 heavy (non-hydrogen) atoms. The molecule has 0 aliphatic carbocycles. The Morgan fingerprint density at radius 1 is 1.75 bits per heavy atom. The van der Waals surface area contributed by atoms with Crippen LogP contribution in [0.25, 0.3) is 0 Å². The molecule has 2 nitrogen and oxygen atoms in total. The van der Waals surface area contributed by atoms with Crippen LogP contribution in [0.5, 0.6) is 0 Å². The second-order valence-corrected chi connectivity index (χ2v) is 1.76. The fourth-order valence-electron chi connectivity index (χ4n) is 0.295. The van der Waals surface area contributed by atoms with E-state index < -0.39 is 0 Å². The summed E-state index contributed by atoms with van der Waals surface area (Å²) in [6.45, 7) is 0.513. The molecule has 0 saturated heterocycles. The van der Waals surface area contributed by atoms with E-state index in [-0.39, 0.29) is 5.78 Å². The highest BCUT2D eigenvalue weighted by molar-refractivity contribution is 7.81. The number of thiol groups is 1. The van der Waals surface area contributed by atoms with Crippen molar-refractivity contribution in [2.24, 2.45) is 0 Å². The molecule has 0 aliphatic rings. The van der Waals surface area contributed by atoms with Gasteiger partial charge in [0.25, 0.3) is 0 Å². The number of carbonyl (C=O) groups is 1. The van der Waals surface area contributed by atoms with E-state index in [0.29, 0.717) is 18.8 Å². The minimum Gasteiger partial charge on any atom is -0.384 e. The lowest BCUT2D eigenvalue weighted by atomic mass is 10.3. The number of Topliss-reactive ketones (excluding diaryl/α,β-unsaturated/α-hetero) is 1. The van der Waals surface area contributed by atoms with Crippen molar-refractivity contribution in [3.05, 3.63) is 0 Å². The van der Waals surface area contributed by atoms with Gasteiger partial charge in [-0.05, 0) is 0 Å². The van der Waals surface area contributed by atoms with Gasteiger partial charge in [-0.15, -0.1) is 0 Å². The molecular formula is C5H10O2S. The molecule has 0 rings (SSSR count). The maximum absolute atomic E-state index is 10.4. The van der Waals surface area contributed by atoms with Gasteiger partial charge >= 0.3 is 0 Å². The fraction of sp³-hybridized carbons (Fsp3) is 0.800. The maximum Gasteiger partial charge on any atom is 0.144 e. The third kappa shape index (κ3) is 4.15. The molecule has 0 saturated carbocycles. The van der Waals surface area contributed by atoms with Gasteiger partial charge in [-0.3, -0.25) is 4.79 Å². The van der Waals surface area contributed by atoms with Gasteiger partial charge in [0.05, 0.1) is 6.61 Å². The van der Waals surface area contributed by atoms with Crippen molar-refractivity contribution in [1.82, 2.24) is 0 Å². The van der Waals surface area contributed by atoms with Gasteiger partial charge < -0.3 is 4.74 Å². The van der Waals surface area contributed by atoms with Gasteiger partial charge in [0.1, 0.15) is 5.78 Å². The Hall–Kier alpha value is -0.0200. The van der Waals surface area contributed by atoms with Gasteiger partial charge in [-0.25, -0.2) is 0 Å². The van der Waals surface area contributed by atoms with Crippen LogP contribution in [-0.2, 0) is 9.53 Å². The van der Waals surface area contributed by atoms with Crippen molar-refractivity contribution in [3.8, 4) is 0 Å². The summed E-state index contributed by atoms with van der Waals surface area (Å²) in [5.41, 5.74) is 0. The van der Waals surface area contributed by atoms with E-state index in [1.165, 1.54) is 0 Å². The molecule has 0 bridgehead atoms. The largest absolute Gasteiger partial charge is 0.384 e. The number of methoxy groups -OCH3 is 1. The van der Waals surface area contributed by atoms with Gasteiger partial charge in [0.2, 0.25) is 0 Å². The van der Waals surface area contributed by atoms with Crippen LogP contribution in [-0.4, -0.2) is 25.3 Å². The second-order valence-electron chi connectivity index (χ2n) is 1.44. The summed E-state index contributed by atoms with van der Waals surface area (Å²) in [4.78, 5) is 10.4. The van der Waals surface area contributed by atoms with E-state index in [1.807, 2.05) is 0 Å². The van der Waals surface area contributed by atoms with Crippen LogP contribution < -0.4 is 0 Å². The molecule has 0 aromatic rings. The zero-order valence-corrected chi connectivity index (χ0v) is 5.78. The highest BCUT2D eigenvalue weighted by atomic mass is 32.1. The molecule has 0 heterocycles. The first-order valence-electron chi connectivity index (χ1n) is 2.42. The minimum absolute atomic E-state index is 0.134. The van der Waals surface area contributed by atoms with Crippen molar-refractivity contribution in [3.63, 3.8) is 0 Å². The molecule has 0 aliphatic heterocycles. The normalized spacial score (nSPS) is 9.25. The average molecular weight is 134 g/mol. The highest BCUT2D eigenvalue weighted by Crippen LogP contribution is 1.85. The summed E-state index contributed by atoms with van der Waals surface area (Å²) in [5, 5.41) is 0. The standard InChI is InChI=1S/C5H10O2S/c1-7-3-2-5(6)4-8/h8H,2-4H2,1H3. The highest BCUT2D eigenvalue weighted by Gasteiger charge is 1.94. The van der Waals surface area contributed by atoms with E-state index in [4.69, 9.17) is 0 Å². The van der Waals surface area contributed by atoms with Crippen LogP contribution in [0, 0.1) is 0 Å². The predicted molar refractivity (Wildman–Crippen MR) is 35.4 cm³/mol. The van der Waals surface area contributed by atoms with Gasteiger partial charge in [-0.2, -0.15) is 12.6 Å². The number of rotatable bonds is 4. The summed E-state index contributed by atoms with van der Waals surface area (Å²) in [5.74, 6) is 0.457. The molecular weight excluding hydrogens is 124 g/mol. The Kier molecular flexibility index (Phi) is 5.11. The third-order valence-electron chi connectivity index (χ3n) is 0.761. The lowest BCUT2D eigenvalue weighted by molar-refractivity contribution is -0.117. The van der Waals surface area contributed by atoms with Crippen molar-refractivity contribution in [2.75, 3.05) is 19.5 Å². The quantitative estimate of drug-likeness (QED) is 0.567. The summed E-state index contributed by atoms with van der Waals surface area (Å²) in [6.07, 6.45) is 0.486. The first-order valence-corrected chi connectivity index (χ1v) is 3.06. The van der Waals surface area contributed by atoms with Gasteiger partial charge in [0.15, 0.2) is 0 Å². The van der Waals surface area contributed by atoms with Gasteiger partial charge in [0, 0.05) is 19.3 Å². The van der Waals surface area contributed by atoms with Crippen molar-refractivity contribution >= 4 is 18.4 Å². The van der Waals surface area contributed by atoms with Crippen molar-refractivity contribution in [2.45, 2.75) is 6.42 Å². The summed E-state index contributed by atoms with van der Waals surface area (Å²) in [7, 11) is 1.58. The molecule has 48 valence electrons. The Morgan fingerprint density at radius 2 is 2.38 bits per heavy atom. The minimum atomic E-state index is 0.134. The molecule has 0 aromatic carbocycles. The number of carbonyl (C=O) groups excluding carboxylic acids is 1. The van der Waals surface area contributed by atoms with Crippen LogP contribution >= 0.6 is 12.6 Å². The molecule has 0 N–H and O–H groups in total. The molecule has 0 spiro atoms. The van der Waals surface area contributed by atoms with Crippen LogP contribution in [0.1, 0.15) is 6.42 Å². The monoisotopic (exact) mass is 134 g/mol. The molecule has 3 heteroatoms. The van der Waals surface area contributed by atoms with E-state index in [9.17, 15) is 4.79 Å². The average Bonchev–Trinajstić information content (AvgIpc) is 1.83. The van der Waals surface area contributed by atoms with Gasteiger partial charge in [-0.1, -0.05) is 0 Å². The third-order valence-corrected chi connectivity index (χ3v) is 1.11. The Bertz CT molecular complexity index is 72.8. The molecule has 0 radical (unpaired) electrons. The van der Waals surface area contributed by atoms with Crippen molar-refractivity contribution < 1.29 is 9.53 Å². The van der Waals surface area contributed by atoms with E-state index in [0.717, 1.165) is 0 Å². The molecule has 0 fully saturated rings. The number of ketones is 1. The van der Waals surface area contributed by atoms with E-state index in [2.05, 4.69) is 17.4 Å². The summed E-state index contributed by atoms with van der Waals surface area (Å²) >= 11 is 3.78. The SMILES string of the molecule is COCCC(=O)CS. The second kappa shape index (κ2) is 5.12. The first-order chi connectivity index (χ1) is 3.81. The molecule has 0 unspecified atom stereocenters. The number of hydrogen-bond acceptors (Lipinski definition) is 3. The summed E-state index contributed by atoms with van der Waals surface area (Å²) in [6, 6.07) is 0. The zero-order chi connectivity index (χ0) is 6.41. The Balaban J connectivity index is 2.99.